The van der Waals surface area contributed by atoms with Gasteiger partial charge in [-0.15, -0.1) is 0 Å². The maximum Gasteiger partial charge on any atom is 0.310 e. The number of carbonyl (C=O) groups is 2. The molecule has 0 aromatic heterocycles. The van der Waals surface area contributed by atoms with Crippen molar-refractivity contribution in [3.63, 3.8) is 0 Å². The molecule has 0 bridgehead atoms. The number of carboxylic acids is 2. The molecule has 2 saturated heterocycles. The SMILES string of the molecule is CCCCCCCCCCON1C(C)(C)CC(C(CCCCCCCC(=O)O)(C(=O)O)C2CC(C)(C)N(OCCCCCCCCCC)C(C)(C)C2)CC1(C)C. The largest absolute Gasteiger partial charge is 0.481 e. The first kappa shape index (κ1) is 50.9. The van der Waals surface area contributed by atoms with Gasteiger partial charge >= 0.3 is 11.9 Å². The molecule has 8 nitrogen and oxygen atoms in total. The summed E-state index contributed by atoms with van der Waals surface area (Å²) in [6.07, 6.45) is 28.4. The number of piperidine rings is 2. The Labute approximate surface area is 345 Å². The molecular formula is C48H92N2O6. The minimum atomic E-state index is -0.891. The molecule has 0 aromatic carbocycles. The summed E-state index contributed by atoms with van der Waals surface area (Å²) >= 11 is 0. The topological polar surface area (TPSA) is 99.5 Å². The van der Waals surface area contributed by atoms with Crippen LogP contribution in [-0.4, -0.2) is 67.6 Å². The van der Waals surface area contributed by atoms with Crippen molar-refractivity contribution >= 4 is 11.9 Å². The molecule has 2 heterocycles. The highest BCUT2D eigenvalue weighted by molar-refractivity contribution is 5.76. The van der Waals surface area contributed by atoms with Gasteiger partial charge in [0, 0.05) is 28.6 Å². The van der Waals surface area contributed by atoms with Crippen molar-refractivity contribution < 1.29 is 29.5 Å². The lowest BCUT2D eigenvalue weighted by molar-refractivity contribution is -0.307. The smallest absolute Gasteiger partial charge is 0.310 e. The van der Waals surface area contributed by atoms with Crippen molar-refractivity contribution in [2.24, 2.45) is 17.3 Å². The maximum absolute atomic E-state index is 14.2. The van der Waals surface area contributed by atoms with Gasteiger partial charge in [-0.25, -0.2) is 0 Å². The van der Waals surface area contributed by atoms with E-state index >= 15 is 0 Å². The van der Waals surface area contributed by atoms with Crippen LogP contribution < -0.4 is 0 Å². The van der Waals surface area contributed by atoms with Gasteiger partial charge < -0.3 is 10.2 Å². The van der Waals surface area contributed by atoms with E-state index in [-0.39, 0.29) is 40.4 Å². The van der Waals surface area contributed by atoms with Crippen molar-refractivity contribution in [1.82, 2.24) is 10.1 Å². The standard InChI is InChI=1S/C48H92N2O6/c1-11-13-15-17-19-21-26-30-34-55-49-44(3,4)36-40(37-45(49,5)6)48(43(53)54,33-29-25-23-24-28-32-42(51)52)41-38-46(7,8)50(47(9,10)39-41)56-35-31-27-22-20-18-16-14-12-2/h40-41H,11-39H2,1-10H3,(H,51,52)(H,53,54). The number of hydroxylamine groups is 4. The Bertz CT molecular complexity index is 1010. The molecule has 0 aliphatic carbocycles. The van der Waals surface area contributed by atoms with Crippen LogP contribution in [0, 0.1) is 17.3 Å². The van der Waals surface area contributed by atoms with E-state index in [0.29, 0.717) is 26.1 Å². The van der Waals surface area contributed by atoms with Crippen LogP contribution in [0.1, 0.15) is 243 Å². The Balaban J connectivity index is 2.25. The first-order valence-corrected chi connectivity index (χ1v) is 23.7. The molecule has 0 radical (unpaired) electrons. The minimum Gasteiger partial charge on any atom is -0.481 e. The van der Waals surface area contributed by atoms with E-state index in [1.807, 2.05) is 0 Å². The van der Waals surface area contributed by atoms with Gasteiger partial charge in [0.05, 0.1) is 18.6 Å². The molecule has 2 aliphatic heterocycles. The van der Waals surface area contributed by atoms with Crippen molar-refractivity contribution in [3.8, 4) is 0 Å². The summed E-state index contributed by atoms with van der Waals surface area (Å²) in [5.74, 6) is -1.41. The lowest BCUT2D eigenvalue weighted by Gasteiger charge is -2.61. The number of rotatable bonds is 31. The Morgan fingerprint density at radius 3 is 1.12 bits per heavy atom. The van der Waals surface area contributed by atoms with Gasteiger partial charge in [0.25, 0.3) is 0 Å². The van der Waals surface area contributed by atoms with Crippen LogP contribution in [0.25, 0.3) is 0 Å². The van der Waals surface area contributed by atoms with Crippen LogP contribution in [0.15, 0.2) is 0 Å². The third-order valence-corrected chi connectivity index (χ3v) is 13.5. The molecule has 2 fully saturated rings. The highest BCUT2D eigenvalue weighted by Crippen LogP contribution is 2.58. The Morgan fingerprint density at radius 1 is 0.500 bits per heavy atom. The highest BCUT2D eigenvalue weighted by atomic mass is 16.7. The van der Waals surface area contributed by atoms with E-state index in [2.05, 4.69) is 79.4 Å². The molecule has 0 atom stereocenters. The first-order valence-electron chi connectivity index (χ1n) is 23.7. The average molecular weight is 793 g/mol. The molecule has 2 N–H and O–H groups in total. The molecule has 2 rings (SSSR count). The Kier molecular flexibility index (Phi) is 22.5. The number of aliphatic carboxylic acids is 2. The van der Waals surface area contributed by atoms with Crippen LogP contribution in [0.2, 0.25) is 0 Å². The summed E-state index contributed by atoms with van der Waals surface area (Å²) in [6, 6.07) is 0. The van der Waals surface area contributed by atoms with Gasteiger partial charge in [0.2, 0.25) is 0 Å². The summed E-state index contributed by atoms with van der Waals surface area (Å²) in [4.78, 5) is 38.6. The van der Waals surface area contributed by atoms with Gasteiger partial charge in [-0.05, 0) is 119 Å². The van der Waals surface area contributed by atoms with Gasteiger partial charge in [0.15, 0.2) is 0 Å². The second-order valence-electron chi connectivity index (χ2n) is 20.7. The van der Waals surface area contributed by atoms with E-state index in [4.69, 9.17) is 14.8 Å². The molecule has 2 aliphatic rings. The van der Waals surface area contributed by atoms with Crippen LogP contribution in [-0.2, 0) is 19.3 Å². The maximum atomic E-state index is 14.2. The molecule has 0 unspecified atom stereocenters. The summed E-state index contributed by atoms with van der Waals surface area (Å²) in [6.45, 7) is 24.0. The molecule has 0 saturated carbocycles. The molecule has 56 heavy (non-hydrogen) atoms. The second-order valence-corrected chi connectivity index (χ2v) is 20.7. The third-order valence-electron chi connectivity index (χ3n) is 13.5. The van der Waals surface area contributed by atoms with Crippen LogP contribution >= 0.6 is 0 Å². The zero-order chi connectivity index (χ0) is 41.9. The third kappa shape index (κ3) is 16.1. The quantitative estimate of drug-likeness (QED) is 0.0670. The summed E-state index contributed by atoms with van der Waals surface area (Å²) in [5.41, 5.74) is -2.19. The average Bonchev–Trinajstić information content (AvgIpc) is 3.08. The Hall–Kier alpha value is -1.22. The predicted molar refractivity (Wildman–Crippen MR) is 233 cm³/mol. The van der Waals surface area contributed by atoms with Gasteiger partial charge in [0.1, 0.15) is 0 Å². The fraction of sp³-hybridized carbons (Fsp3) is 0.958. The lowest BCUT2D eigenvalue weighted by Crippen LogP contribution is -2.67. The fourth-order valence-electron chi connectivity index (χ4n) is 11.2. The highest BCUT2D eigenvalue weighted by Gasteiger charge is 2.61. The fourth-order valence-corrected chi connectivity index (χ4v) is 11.2. The van der Waals surface area contributed by atoms with Gasteiger partial charge in [-0.2, -0.15) is 10.1 Å². The molecule has 0 aromatic rings. The van der Waals surface area contributed by atoms with Crippen molar-refractivity contribution in [2.45, 2.75) is 265 Å². The summed E-state index contributed by atoms with van der Waals surface area (Å²) in [7, 11) is 0. The zero-order valence-corrected chi connectivity index (χ0v) is 38.6. The number of unbranched alkanes of at least 4 members (excludes halogenated alkanes) is 18. The van der Waals surface area contributed by atoms with Gasteiger partial charge in [-0.1, -0.05) is 129 Å². The zero-order valence-electron chi connectivity index (χ0n) is 38.6. The predicted octanol–water partition coefficient (Wildman–Crippen LogP) is 13.6. The number of nitrogens with zero attached hydrogens (tertiary/aromatic N) is 2. The lowest BCUT2D eigenvalue weighted by atomic mass is 9.52. The molecular weight excluding hydrogens is 701 g/mol. The first-order chi connectivity index (χ1) is 26.4. The minimum absolute atomic E-state index is 0.0126. The molecule has 0 spiro atoms. The van der Waals surface area contributed by atoms with Crippen LogP contribution in [0.5, 0.6) is 0 Å². The van der Waals surface area contributed by atoms with Crippen molar-refractivity contribution in [3.05, 3.63) is 0 Å². The molecule has 330 valence electrons. The second kappa shape index (κ2) is 24.8. The summed E-state index contributed by atoms with van der Waals surface area (Å²) < 4.78 is 0. The molecule has 0 amide bonds. The van der Waals surface area contributed by atoms with E-state index in [9.17, 15) is 14.7 Å². The monoisotopic (exact) mass is 793 g/mol. The number of hydrogen-bond acceptors (Lipinski definition) is 6. The summed E-state index contributed by atoms with van der Waals surface area (Å²) in [5, 5.41) is 25.3. The van der Waals surface area contributed by atoms with Crippen LogP contribution in [0.4, 0.5) is 0 Å². The van der Waals surface area contributed by atoms with E-state index in [1.165, 1.54) is 89.9 Å². The van der Waals surface area contributed by atoms with Crippen molar-refractivity contribution in [1.29, 1.82) is 0 Å². The normalized spacial score (nSPS) is 20.4. The van der Waals surface area contributed by atoms with Crippen molar-refractivity contribution in [2.75, 3.05) is 13.2 Å². The van der Waals surface area contributed by atoms with Crippen LogP contribution in [0.3, 0.4) is 0 Å². The van der Waals surface area contributed by atoms with E-state index in [0.717, 1.165) is 64.2 Å². The number of carboxylic acid groups (broad SMARTS) is 2. The van der Waals surface area contributed by atoms with E-state index in [1.54, 1.807) is 0 Å². The number of hydrogen-bond donors (Lipinski definition) is 2. The Morgan fingerprint density at radius 2 is 0.804 bits per heavy atom. The van der Waals surface area contributed by atoms with Gasteiger partial charge in [-0.3, -0.25) is 19.3 Å². The van der Waals surface area contributed by atoms with E-state index < -0.39 is 17.4 Å². The molecule has 8 heteroatoms.